The molecule has 0 saturated carbocycles. The van der Waals surface area contributed by atoms with E-state index in [2.05, 4.69) is 69.3 Å². The van der Waals surface area contributed by atoms with Gasteiger partial charge in [-0.3, -0.25) is 0 Å². The third kappa shape index (κ3) is 3.82. The van der Waals surface area contributed by atoms with Crippen LogP contribution in [0, 0.1) is 0 Å². The van der Waals surface area contributed by atoms with Gasteiger partial charge in [0.2, 0.25) is 5.95 Å². The first-order chi connectivity index (χ1) is 11.7. The third-order valence-corrected chi connectivity index (χ3v) is 4.50. The van der Waals surface area contributed by atoms with Crippen LogP contribution in [0.15, 0.2) is 30.5 Å². The molecular formula is C18H26N6. The second kappa shape index (κ2) is 7.57. The number of hydrogen-bond acceptors (Lipinski definition) is 6. The molecule has 1 saturated heterocycles. The van der Waals surface area contributed by atoms with Crippen molar-refractivity contribution in [3.63, 3.8) is 0 Å². The predicted octanol–water partition coefficient (Wildman–Crippen LogP) is 2.88. The fourth-order valence-corrected chi connectivity index (χ4v) is 3.00. The molecule has 1 aromatic carbocycles. The number of rotatable bonds is 5. The zero-order valence-electron chi connectivity index (χ0n) is 14.7. The number of piperazine rings is 1. The summed E-state index contributed by atoms with van der Waals surface area (Å²) in [6.07, 6.45) is 1.68. The molecule has 1 fully saturated rings. The summed E-state index contributed by atoms with van der Waals surface area (Å²) in [5.74, 6) is 1.90. The van der Waals surface area contributed by atoms with Crippen LogP contribution >= 0.6 is 0 Å². The van der Waals surface area contributed by atoms with Crippen molar-refractivity contribution in [3.8, 4) is 0 Å². The summed E-state index contributed by atoms with van der Waals surface area (Å²) in [4.78, 5) is 9.31. The standard InChI is InChI=1S/C18H26N6/c1-4-23-9-11-24(12-10-23)18-21-17(13-19-22-18)20-16-8-6-5-7-15(16)14(2)3/h5-8,13-14H,4,9-12H2,1-3H3,(H,20,21,22). The quantitative estimate of drug-likeness (QED) is 0.912. The van der Waals surface area contributed by atoms with Crippen molar-refractivity contribution in [1.82, 2.24) is 20.1 Å². The summed E-state index contributed by atoms with van der Waals surface area (Å²) in [5, 5.41) is 11.8. The van der Waals surface area contributed by atoms with Crippen molar-refractivity contribution >= 4 is 17.5 Å². The SMILES string of the molecule is CCN1CCN(c2nncc(Nc3ccccc3C(C)C)n2)CC1. The van der Waals surface area contributed by atoms with Crippen LogP contribution in [0.2, 0.25) is 0 Å². The number of nitrogens with zero attached hydrogens (tertiary/aromatic N) is 5. The third-order valence-electron chi connectivity index (χ3n) is 4.50. The van der Waals surface area contributed by atoms with Crippen molar-refractivity contribution in [2.24, 2.45) is 0 Å². The molecule has 2 aromatic rings. The highest BCUT2D eigenvalue weighted by atomic mass is 15.4. The molecule has 1 aliphatic rings. The van der Waals surface area contributed by atoms with Crippen molar-refractivity contribution < 1.29 is 0 Å². The molecule has 0 bridgehead atoms. The Morgan fingerprint density at radius 2 is 1.88 bits per heavy atom. The van der Waals surface area contributed by atoms with E-state index in [-0.39, 0.29) is 0 Å². The van der Waals surface area contributed by atoms with E-state index < -0.39 is 0 Å². The summed E-state index contributed by atoms with van der Waals surface area (Å²) < 4.78 is 0. The first-order valence-corrected chi connectivity index (χ1v) is 8.70. The number of likely N-dealkylation sites (N-methyl/N-ethyl adjacent to an activating group) is 1. The van der Waals surface area contributed by atoms with Crippen molar-refractivity contribution in [2.45, 2.75) is 26.7 Å². The fourth-order valence-electron chi connectivity index (χ4n) is 3.00. The van der Waals surface area contributed by atoms with Gasteiger partial charge in [0.05, 0.1) is 6.20 Å². The van der Waals surface area contributed by atoms with Crippen LogP contribution in [-0.2, 0) is 0 Å². The normalized spacial score (nSPS) is 15.8. The molecule has 2 heterocycles. The maximum atomic E-state index is 4.67. The monoisotopic (exact) mass is 326 g/mol. The Hall–Kier alpha value is -2.21. The molecule has 6 heteroatoms. The lowest BCUT2D eigenvalue weighted by Crippen LogP contribution is -2.46. The first-order valence-electron chi connectivity index (χ1n) is 8.70. The highest BCUT2D eigenvalue weighted by Crippen LogP contribution is 2.26. The van der Waals surface area contributed by atoms with Gasteiger partial charge < -0.3 is 15.1 Å². The number of para-hydroxylation sites is 1. The molecule has 0 amide bonds. The zero-order valence-corrected chi connectivity index (χ0v) is 14.7. The molecule has 1 aromatic heterocycles. The van der Waals surface area contributed by atoms with Crippen molar-refractivity contribution in [1.29, 1.82) is 0 Å². The van der Waals surface area contributed by atoms with Gasteiger partial charge in [-0.05, 0) is 24.1 Å². The summed E-state index contributed by atoms with van der Waals surface area (Å²) in [6, 6.07) is 8.33. The number of anilines is 3. The average molecular weight is 326 g/mol. The van der Waals surface area contributed by atoms with Crippen LogP contribution in [0.4, 0.5) is 17.5 Å². The smallest absolute Gasteiger partial charge is 0.247 e. The minimum atomic E-state index is 0.449. The first kappa shape index (κ1) is 16.6. The van der Waals surface area contributed by atoms with Gasteiger partial charge in [-0.2, -0.15) is 10.1 Å². The maximum absolute atomic E-state index is 4.67. The topological polar surface area (TPSA) is 57.2 Å². The highest BCUT2D eigenvalue weighted by Gasteiger charge is 2.18. The predicted molar refractivity (Wildman–Crippen MR) is 98.0 cm³/mol. The van der Waals surface area contributed by atoms with E-state index in [4.69, 9.17) is 0 Å². The summed E-state index contributed by atoms with van der Waals surface area (Å²) in [6.45, 7) is 11.7. The molecule has 1 N–H and O–H groups in total. The Morgan fingerprint density at radius 3 is 2.58 bits per heavy atom. The molecule has 0 aliphatic carbocycles. The molecule has 3 rings (SSSR count). The second-order valence-electron chi connectivity index (χ2n) is 6.43. The zero-order chi connectivity index (χ0) is 16.9. The maximum Gasteiger partial charge on any atom is 0.247 e. The molecule has 1 aliphatic heterocycles. The molecule has 24 heavy (non-hydrogen) atoms. The van der Waals surface area contributed by atoms with Crippen molar-refractivity contribution in [2.75, 3.05) is 42.9 Å². The molecule has 0 atom stereocenters. The van der Waals surface area contributed by atoms with Gasteiger partial charge in [-0.1, -0.05) is 39.0 Å². The number of benzene rings is 1. The minimum absolute atomic E-state index is 0.449. The summed E-state index contributed by atoms with van der Waals surface area (Å²) >= 11 is 0. The Kier molecular flexibility index (Phi) is 5.25. The van der Waals surface area contributed by atoms with E-state index in [1.807, 2.05) is 6.07 Å². The van der Waals surface area contributed by atoms with Gasteiger partial charge in [0.1, 0.15) is 0 Å². The number of aromatic nitrogens is 3. The Labute approximate surface area is 143 Å². The summed E-state index contributed by atoms with van der Waals surface area (Å²) in [7, 11) is 0. The molecule has 0 radical (unpaired) electrons. The number of hydrogen-bond donors (Lipinski definition) is 1. The van der Waals surface area contributed by atoms with E-state index in [1.54, 1.807) is 6.20 Å². The summed E-state index contributed by atoms with van der Waals surface area (Å²) in [5.41, 5.74) is 2.35. The van der Waals surface area contributed by atoms with Gasteiger partial charge in [-0.15, -0.1) is 5.10 Å². The van der Waals surface area contributed by atoms with Crippen LogP contribution in [0.3, 0.4) is 0 Å². The van der Waals surface area contributed by atoms with E-state index in [1.165, 1.54) is 5.56 Å². The van der Waals surface area contributed by atoms with E-state index in [0.717, 1.165) is 44.2 Å². The van der Waals surface area contributed by atoms with Crippen LogP contribution in [-0.4, -0.2) is 52.8 Å². The van der Waals surface area contributed by atoms with Gasteiger partial charge in [0, 0.05) is 31.9 Å². The van der Waals surface area contributed by atoms with Gasteiger partial charge in [0.15, 0.2) is 5.82 Å². The van der Waals surface area contributed by atoms with Crippen molar-refractivity contribution in [3.05, 3.63) is 36.0 Å². The lowest BCUT2D eigenvalue weighted by molar-refractivity contribution is 0.269. The molecule has 0 spiro atoms. The lowest BCUT2D eigenvalue weighted by Gasteiger charge is -2.33. The average Bonchev–Trinajstić information content (AvgIpc) is 2.62. The van der Waals surface area contributed by atoms with Crippen LogP contribution in [0.25, 0.3) is 0 Å². The molecule has 128 valence electrons. The number of nitrogens with one attached hydrogen (secondary N) is 1. The fraction of sp³-hybridized carbons (Fsp3) is 0.500. The second-order valence-corrected chi connectivity index (χ2v) is 6.43. The molecule has 0 unspecified atom stereocenters. The Balaban J connectivity index is 1.75. The van der Waals surface area contributed by atoms with Crippen LogP contribution in [0.1, 0.15) is 32.3 Å². The van der Waals surface area contributed by atoms with E-state index in [0.29, 0.717) is 11.9 Å². The lowest BCUT2D eigenvalue weighted by atomic mass is 10.0. The van der Waals surface area contributed by atoms with E-state index >= 15 is 0 Å². The van der Waals surface area contributed by atoms with Crippen LogP contribution in [0.5, 0.6) is 0 Å². The van der Waals surface area contributed by atoms with Crippen LogP contribution < -0.4 is 10.2 Å². The Morgan fingerprint density at radius 1 is 1.12 bits per heavy atom. The minimum Gasteiger partial charge on any atom is -0.339 e. The highest BCUT2D eigenvalue weighted by molar-refractivity contribution is 5.61. The molecule has 6 nitrogen and oxygen atoms in total. The van der Waals surface area contributed by atoms with Gasteiger partial charge >= 0.3 is 0 Å². The van der Waals surface area contributed by atoms with E-state index in [9.17, 15) is 0 Å². The molecular weight excluding hydrogens is 300 g/mol. The van der Waals surface area contributed by atoms with Gasteiger partial charge in [0.25, 0.3) is 0 Å². The largest absolute Gasteiger partial charge is 0.339 e. The Bertz CT molecular complexity index is 664. The van der Waals surface area contributed by atoms with Gasteiger partial charge in [-0.25, -0.2) is 0 Å².